The third-order valence-electron chi connectivity index (χ3n) is 2.19. The van der Waals surface area contributed by atoms with E-state index in [0.717, 1.165) is 15.4 Å². The molecule has 2 aromatic carbocycles. The second-order valence-corrected chi connectivity index (χ2v) is 5.46. The summed E-state index contributed by atoms with van der Waals surface area (Å²) in [6.45, 7) is 1.94. The van der Waals surface area contributed by atoms with Gasteiger partial charge in [0.25, 0.3) is 0 Å². The van der Waals surface area contributed by atoms with E-state index < -0.39 is 10.8 Å². The van der Waals surface area contributed by atoms with Gasteiger partial charge in [-0.25, -0.2) is 4.21 Å². The molecule has 82 valence electrons. The molecule has 0 saturated heterocycles. The maximum absolute atomic E-state index is 12.2. The highest BCUT2D eigenvalue weighted by Crippen LogP contribution is 2.21. The number of benzene rings is 2. The van der Waals surface area contributed by atoms with E-state index in [2.05, 4.69) is 0 Å². The fourth-order valence-electron chi connectivity index (χ4n) is 1.49. The maximum Gasteiger partial charge on any atom is 0.0850 e. The lowest BCUT2D eigenvalue weighted by molar-refractivity contribution is 0.683. The highest BCUT2D eigenvalue weighted by molar-refractivity contribution is 7.85. The minimum atomic E-state index is -1.15. The SMILES string of the molecule is Cc1cc(Cl)cc(S(=O)c2ccccc2)c1. The second-order valence-electron chi connectivity index (χ2n) is 3.55. The van der Waals surface area contributed by atoms with Gasteiger partial charge < -0.3 is 0 Å². The molecule has 0 fully saturated rings. The van der Waals surface area contributed by atoms with Crippen LogP contribution in [0.1, 0.15) is 5.56 Å². The summed E-state index contributed by atoms with van der Waals surface area (Å²) in [5, 5.41) is 0.624. The van der Waals surface area contributed by atoms with Gasteiger partial charge in [0.05, 0.1) is 10.8 Å². The second kappa shape index (κ2) is 4.81. The maximum atomic E-state index is 12.2. The molecule has 16 heavy (non-hydrogen) atoms. The van der Waals surface area contributed by atoms with Crippen LogP contribution in [-0.2, 0) is 10.8 Å². The van der Waals surface area contributed by atoms with Crippen LogP contribution < -0.4 is 0 Å². The Balaban J connectivity index is 2.42. The van der Waals surface area contributed by atoms with Crippen molar-refractivity contribution in [3.63, 3.8) is 0 Å². The number of hydrogen-bond donors (Lipinski definition) is 0. The zero-order valence-corrected chi connectivity index (χ0v) is 10.4. The zero-order valence-electron chi connectivity index (χ0n) is 8.81. The Morgan fingerprint density at radius 3 is 2.31 bits per heavy atom. The van der Waals surface area contributed by atoms with Crippen LogP contribution in [0.5, 0.6) is 0 Å². The molecule has 1 nitrogen and oxygen atoms in total. The van der Waals surface area contributed by atoms with Crippen molar-refractivity contribution in [1.82, 2.24) is 0 Å². The number of rotatable bonds is 2. The van der Waals surface area contributed by atoms with Gasteiger partial charge in [-0.1, -0.05) is 29.8 Å². The molecular formula is C13H11ClOS. The summed E-state index contributed by atoms with van der Waals surface area (Å²) >= 11 is 5.95. The minimum Gasteiger partial charge on any atom is -0.249 e. The van der Waals surface area contributed by atoms with Crippen LogP contribution in [0.25, 0.3) is 0 Å². The van der Waals surface area contributed by atoms with E-state index in [-0.39, 0.29) is 0 Å². The fraction of sp³-hybridized carbons (Fsp3) is 0.0769. The number of aryl methyl sites for hydroxylation is 1. The Hall–Kier alpha value is -1.12. The minimum absolute atomic E-state index is 0.624. The fourth-order valence-corrected chi connectivity index (χ4v) is 3.05. The molecule has 1 unspecified atom stereocenters. The predicted octanol–water partition coefficient (Wildman–Crippen LogP) is 3.82. The average molecular weight is 251 g/mol. The van der Waals surface area contributed by atoms with Crippen molar-refractivity contribution in [3.05, 3.63) is 59.1 Å². The lowest BCUT2D eigenvalue weighted by Gasteiger charge is -2.04. The summed E-state index contributed by atoms with van der Waals surface area (Å²) in [6, 6.07) is 14.9. The molecule has 3 heteroatoms. The van der Waals surface area contributed by atoms with Crippen LogP contribution in [0.2, 0.25) is 5.02 Å². The summed E-state index contributed by atoms with van der Waals surface area (Å²) in [6.07, 6.45) is 0. The van der Waals surface area contributed by atoms with Crippen LogP contribution in [-0.4, -0.2) is 4.21 Å². The van der Waals surface area contributed by atoms with E-state index in [1.807, 2.05) is 49.4 Å². The Kier molecular flexibility index (Phi) is 3.42. The van der Waals surface area contributed by atoms with Gasteiger partial charge in [0.15, 0.2) is 0 Å². The Morgan fingerprint density at radius 1 is 1.00 bits per heavy atom. The Morgan fingerprint density at radius 2 is 1.69 bits per heavy atom. The summed E-state index contributed by atoms with van der Waals surface area (Å²) in [7, 11) is -1.15. The molecule has 0 spiro atoms. The van der Waals surface area contributed by atoms with Gasteiger partial charge >= 0.3 is 0 Å². The monoisotopic (exact) mass is 250 g/mol. The molecule has 0 aromatic heterocycles. The van der Waals surface area contributed by atoms with E-state index >= 15 is 0 Å². The van der Waals surface area contributed by atoms with Crippen LogP contribution in [0.15, 0.2) is 58.3 Å². The van der Waals surface area contributed by atoms with E-state index in [4.69, 9.17) is 11.6 Å². The molecule has 0 radical (unpaired) electrons. The van der Waals surface area contributed by atoms with Crippen molar-refractivity contribution in [1.29, 1.82) is 0 Å². The summed E-state index contributed by atoms with van der Waals surface area (Å²) < 4.78 is 12.2. The first-order chi connectivity index (χ1) is 7.66. The highest BCUT2D eigenvalue weighted by atomic mass is 35.5. The molecule has 0 amide bonds. The van der Waals surface area contributed by atoms with Crippen molar-refractivity contribution in [3.8, 4) is 0 Å². The molecular weight excluding hydrogens is 240 g/mol. The number of hydrogen-bond acceptors (Lipinski definition) is 1. The molecule has 2 rings (SSSR count). The zero-order chi connectivity index (χ0) is 11.5. The molecule has 1 atom stereocenters. The van der Waals surface area contributed by atoms with Gasteiger partial charge in [-0.05, 0) is 42.8 Å². The van der Waals surface area contributed by atoms with E-state index in [0.29, 0.717) is 5.02 Å². The normalized spacial score (nSPS) is 12.4. The smallest absolute Gasteiger partial charge is 0.0850 e. The topological polar surface area (TPSA) is 17.1 Å². The van der Waals surface area contributed by atoms with Crippen molar-refractivity contribution in [2.45, 2.75) is 16.7 Å². The molecule has 0 saturated carbocycles. The molecule has 0 aliphatic rings. The van der Waals surface area contributed by atoms with E-state index in [9.17, 15) is 4.21 Å². The summed E-state index contributed by atoms with van der Waals surface area (Å²) in [5.74, 6) is 0. The van der Waals surface area contributed by atoms with Gasteiger partial charge in [-0.15, -0.1) is 0 Å². The van der Waals surface area contributed by atoms with Crippen LogP contribution in [0.4, 0.5) is 0 Å². The van der Waals surface area contributed by atoms with Gasteiger partial charge in [0, 0.05) is 14.8 Å². The van der Waals surface area contributed by atoms with Crippen LogP contribution in [0.3, 0.4) is 0 Å². The van der Waals surface area contributed by atoms with Crippen molar-refractivity contribution in [2.75, 3.05) is 0 Å². The molecule has 0 N–H and O–H groups in total. The Labute approximate surface area is 103 Å². The van der Waals surface area contributed by atoms with Gasteiger partial charge in [-0.3, -0.25) is 0 Å². The lowest BCUT2D eigenvalue weighted by Crippen LogP contribution is -1.93. The molecule has 0 bridgehead atoms. The third-order valence-corrected chi connectivity index (χ3v) is 3.77. The Bertz CT molecular complexity index is 502. The number of halogens is 1. The lowest BCUT2D eigenvalue weighted by atomic mass is 10.2. The molecule has 2 aromatic rings. The largest absolute Gasteiger partial charge is 0.249 e. The first-order valence-corrected chi connectivity index (χ1v) is 6.43. The van der Waals surface area contributed by atoms with Gasteiger partial charge in [0.2, 0.25) is 0 Å². The first-order valence-electron chi connectivity index (χ1n) is 4.91. The standard InChI is InChI=1S/C13H11ClOS/c1-10-7-11(14)9-13(8-10)16(15)12-5-3-2-4-6-12/h2-9H,1H3. The van der Waals surface area contributed by atoms with E-state index in [1.54, 1.807) is 6.07 Å². The van der Waals surface area contributed by atoms with Crippen molar-refractivity contribution in [2.24, 2.45) is 0 Å². The van der Waals surface area contributed by atoms with Crippen LogP contribution in [0, 0.1) is 6.92 Å². The highest BCUT2D eigenvalue weighted by Gasteiger charge is 2.07. The van der Waals surface area contributed by atoms with E-state index in [1.165, 1.54) is 0 Å². The predicted molar refractivity (Wildman–Crippen MR) is 67.3 cm³/mol. The molecule has 0 aliphatic carbocycles. The van der Waals surface area contributed by atoms with Crippen molar-refractivity contribution >= 4 is 22.4 Å². The van der Waals surface area contributed by atoms with Gasteiger partial charge in [0.1, 0.15) is 0 Å². The summed E-state index contributed by atoms with van der Waals surface area (Å²) in [4.78, 5) is 1.54. The first kappa shape index (κ1) is 11.4. The van der Waals surface area contributed by atoms with Gasteiger partial charge in [-0.2, -0.15) is 0 Å². The molecule has 0 aliphatic heterocycles. The van der Waals surface area contributed by atoms with Crippen molar-refractivity contribution < 1.29 is 4.21 Å². The molecule has 0 heterocycles. The summed E-state index contributed by atoms with van der Waals surface area (Å²) in [5.41, 5.74) is 1.02. The van der Waals surface area contributed by atoms with Crippen LogP contribution >= 0.6 is 11.6 Å². The quantitative estimate of drug-likeness (QED) is 0.792. The third kappa shape index (κ3) is 2.52. The average Bonchev–Trinajstić information content (AvgIpc) is 2.28.